The number of aryl methyl sites for hydroxylation is 1. The van der Waals surface area contributed by atoms with Crippen LogP contribution >= 0.6 is 0 Å². The number of para-hydroxylation sites is 1. The summed E-state index contributed by atoms with van der Waals surface area (Å²) in [4.78, 5) is 27.5. The second-order valence-corrected chi connectivity index (χ2v) is 6.21. The highest BCUT2D eigenvalue weighted by atomic mass is 16.2. The van der Waals surface area contributed by atoms with E-state index in [1.807, 2.05) is 36.4 Å². The number of benzene rings is 2. The highest BCUT2D eigenvalue weighted by Crippen LogP contribution is 2.30. The Bertz CT molecular complexity index is 975. The van der Waals surface area contributed by atoms with Crippen LogP contribution in [-0.4, -0.2) is 10.9 Å². The Morgan fingerprint density at radius 2 is 1.88 bits per heavy atom. The van der Waals surface area contributed by atoms with E-state index in [0.29, 0.717) is 11.1 Å². The molecule has 0 saturated heterocycles. The lowest BCUT2D eigenvalue weighted by atomic mass is 9.87. The van der Waals surface area contributed by atoms with Gasteiger partial charge in [-0.3, -0.25) is 9.59 Å². The van der Waals surface area contributed by atoms with E-state index in [-0.39, 0.29) is 17.5 Å². The normalized spacial score (nSPS) is 16.6. The number of amides is 1. The Balaban J connectivity index is 1.70. The van der Waals surface area contributed by atoms with Gasteiger partial charge in [0.25, 0.3) is 5.91 Å². The number of aromatic amines is 1. The van der Waals surface area contributed by atoms with Gasteiger partial charge >= 0.3 is 0 Å². The van der Waals surface area contributed by atoms with E-state index in [4.69, 9.17) is 0 Å². The van der Waals surface area contributed by atoms with Gasteiger partial charge in [0.05, 0.1) is 11.6 Å². The van der Waals surface area contributed by atoms with Gasteiger partial charge in [0.15, 0.2) is 0 Å². The van der Waals surface area contributed by atoms with E-state index in [0.717, 1.165) is 24.6 Å². The number of fused-ring (bicyclic) bond motifs is 2. The quantitative estimate of drug-likeness (QED) is 0.761. The second kappa shape index (κ2) is 5.96. The predicted octanol–water partition coefficient (Wildman–Crippen LogP) is 3.34. The second-order valence-electron chi connectivity index (χ2n) is 6.21. The van der Waals surface area contributed by atoms with E-state index in [1.165, 1.54) is 17.2 Å². The minimum absolute atomic E-state index is 0.000463. The molecule has 4 rings (SSSR count). The average Bonchev–Trinajstić information content (AvgIpc) is 2.61. The Hall–Kier alpha value is -2.88. The average molecular weight is 318 g/mol. The predicted molar refractivity (Wildman–Crippen MR) is 94.2 cm³/mol. The maximum Gasteiger partial charge on any atom is 0.252 e. The first-order chi connectivity index (χ1) is 11.7. The van der Waals surface area contributed by atoms with Crippen LogP contribution in [0.25, 0.3) is 10.9 Å². The van der Waals surface area contributed by atoms with Crippen molar-refractivity contribution < 1.29 is 4.79 Å². The van der Waals surface area contributed by atoms with Gasteiger partial charge in [-0.1, -0.05) is 42.5 Å². The molecule has 1 aliphatic carbocycles. The number of aromatic nitrogens is 1. The molecule has 3 aromatic rings. The molecule has 0 spiro atoms. The molecule has 1 heterocycles. The third-order valence-corrected chi connectivity index (χ3v) is 4.67. The van der Waals surface area contributed by atoms with Crippen LogP contribution < -0.4 is 10.9 Å². The molecule has 2 N–H and O–H groups in total. The van der Waals surface area contributed by atoms with Gasteiger partial charge in [-0.05, 0) is 36.5 Å². The molecule has 0 radical (unpaired) electrons. The van der Waals surface area contributed by atoms with Crippen molar-refractivity contribution in [2.75, 3.05) is 0 Å². The summed E-state index contributed by atoms with van der Waals surface area (Å²) in [5.74, 6) is -0.195. The number of carbonyl (C=O) groups excluding carboxylic acids is 1. The molecule has 4 heteroatoms. The topological polar surface area (TPSA) is 62.0 Å². The molecule has 0 aliphatic heterocycles. The van der Waals surface area contributed by atoms with Crippen LogP contribution in [0.3, 0.4) is 0 Å². The largest absolute Gasteiger partial charge is 0.345 e. The van der Waals surface area contributed by atoms with Crippen LogP contribution in [0.2, 0.25) is 0 Å². The van der Waals surface area contributed by atoms with Crippen LogP contribution in [0.4, 0.5) is 0 Å². The first-order valence-electron chi connectivity index (χ1n) is 8.23. The van der Waals surface area contributed by atoms with Crippen molar-refractivity contribution in [3.63, 3.8) is 0 Å². The van der Waals surface area contributed by atoms with Crippen molar-refractivity contribution in [2.45, 2.75) is 25.3 Å². The van der Waals surface area contributed by atoms with Crippen molar-refractivity contribution in [1.29, 1.82) is 0 Å². The minimum atomic E-state index is -0.261. The minimum Gasteiger partial charge on any atom is -0.345 e. The van der Waals surface area contributed by atoms with Crippen molar-refractivity contribution in [1.82, 2.24) is 10.3 Å². The third-order valence-electron chi connectivity index (χ3n) is 4.67. The van der Waals surface area contributed by atoms with Crippen molar-refractivity contribution in [3.8, 4) is 0 Å². The van der Waals surface area contributed by atoms with Crippen LogP contribution in [0.1, 0.15) is 40.4 Å². The monoisotopic (exact) mass is 318 g/mol. The number of carbonyl (C=O) groups is 1. The van der Waals surface area contributed by atoms with Crippen molar-refractivity contribution in [3.05, 3.63) is 81.6 Å². The maximum atomic E-state index is 12.8. The Kier molecular flexibility index (Phi) is 3.65. The first kappa shape index (κ1) is 14.7. The zero-order chi connectivity index (χ0) is 16.5. The molecule has 24 heavy (non-hydrogen) atoms. The summed E-state index contributed by atoms with van der Waals surface area (Å²) in [5, 5.41) is 3.88. The summed E-state index contributed by atoms with van der Waals surface area (Å²) in [7, 11) is 0. The molecule has 120 valence electrons. The molecule has 1 amide bonds. The van der Waals surface area contributed by atoms with Crippen LogP contribution in [0.15, 0.2) is 59.4 Å². The summed E-state index contributed by atoms with van der Waals surface area (Å²) in [6, 6.07) is 17.0. The summed E-state index contributed by atoms with van der Waals surface area (Å²) in [5.41, 5.74) is 3.33. The van der Waals surface area contributed by atoms with E-state index in [9.17, 15) is 9.59 Å². The zero-order valence-corrected chi connectivity index (χ0v) is 13.2. The number of hydrogen-bond acceptors (Lipinski definition) is 2. The van der Waals surface area contributed by atoms with E-state index in [1.54, 1.807) is 0 Å². The Morgan fingerprint density at radius 1 is 1.08 bits per heavy atom. The van der Waals surface area contributed by atoms with Gasteiger partial charge in [0.1, 0.15) is 0 Å². The number of hydrogen-bond donors (Lipinski definition) is 2. The molecule has 0 bridgehead atoms. The summed E-state index contributed by atoms with van der Waals surface area (Å²) < 4.78 is 0. The van der Waals surface area contributed by atoms with Crippen LogP contribution in [0.5, 0.6) is 0 Å². The summed E-state index contributed by atoms with van der Waals surface area (Å²) in [6.45, 7) is 0. The molecule has 0 unspecified atom stereocenters. The number of pyridine rings is 1. The first-order valence-corrected chi connectivity index (χ1v) is 8.23. The summed E-state index contributed by atoms with van der Waals surface area (Å²) >= 11 is 0. The fraction of sp³-hybridized carbons (Fsp3) is 0.200. The Labute approximate surface area is 139 Å². The van der Waals surface area contributed by atoms with Crippen molar-refractivity contribution in [2.24, 2.45) is 0 Å². The van der Waals surface area contributed by atoms with Gasteiger partial charge in [-0.2, -0.15) is 0 Å². The SMILES string of the molecule is O=C(N[C@H]1CCCc2ccccc21)c1cc(=O)[nH]c2ccccc12. The van der Waals surface area contributed by atoms with Gasteiger partial charge in [-0.15, -0.1) is 0 Å². The lowest BCUT2D eigenvalue weighted by Crippen LogP contribution is -2.31. The van der Waals surface area contributed by atoms with Crippen LogP contribution in [-0.2, 0) is 6.42 Å². The third kappa shape index (κ3) is 2.60. The van der Waals surface area contributed by atoms with Gasteiger partial charge in [0.2, 0.25) is 5.56 Å². The van der Waals surface area contributed by atoms with Gasteiger partial charge in [-0.25, -0.2) is 0 Å². The molecule has 2 aromatic carbocycles. The molecule has 1 atom stereocenters. The zero-order valence-electron chi connectivity index (χ0n) is 13.2. The maximum absolute atomic E-state index is 12.8. The lowest BCUT2D eigenvalue weighted by Gasteiger charge is -2.26. The molecule has 0 saturated carbocycles. The molecule has 0 fully saturated rings. The fourth-order valence-electron chi connectivity index (χ4n) is 3.53. The molecule has 4 nitrogen and oxygen atoms in total. The van der Waals surface area contributed by atoms with E-state index in [2.05, 4.69) is 22.4 Å². The van der Waals surface area contributed by atoms with E-state index >= 15 is 0 Å². The summed E-state index contributed by atoms with van der Waals surface area (Å²) in [6.07, 6.45) is 3.03. The molecule has 1 aliphatic rings. The highest BCUT2D eigenvalue weighted by Gasteiger charge is 2.22. The van der Waals surface area contributed by atoms with Gasteiger partial charge in [0, 0.05) is 17.0 Å². The lowest BCUT2D eigenvalue weighted by molar-refractivity contribution is 0.0934. The standard InChI is InChI=1S/C20H18N2O2/c23-19-12-16(15-9-3-4-10-18(15)21-19)20(24)22-17-11-5-7-13-6-1-2-8-14(13)17/h1-4,6,8-10,12,17H,5,7,11H2,(H,21,23)(H,22,24)/t17-/m0/s1. The molecule has 1 aromatic heterocycles. The number of nitrogens with one attached hydrogen (secondary N) is 2. The van der Waals surface area contributed by atoms with Crippen molar-refractivity contribution >= 4 is 16.8 Å². The molecular weight excluding hydrogens is 300 g/mol. The van der Waals surface area contributed by atoms with E-state index < -0.39 is 0 Å². The number of H-pyrrole nitrogens is 1. The molecular formula is C20H18N2O2. The van der Waals surface area contributed by atoms with Crippen LogP contribution in [0, 0.1) is 0 Å². The number of rotatable bonds is 2. The highest BCUT2D eigenvalue weighted by molar-refractivity contribution is 6.06. The van der Waals surface area contributed by atoms with Gasteiger partial charge < -0.3 is 10.3 Å². The Morgan fingerprint density at radius 3 is 2.79 bits per heavy atom. The smallest absolute Gasteiger partial charge is 0.252 e. The fourth-order valence-corrected chi connectivity index (χ4v) is 3.53.